The SMILES string of the molecule is O=[N+]([O-])c1c(NCCO)cc(F)c(NCCO)c1NCCO. The second-order valence-electron chi connectivity index (χ2n) is 4.21. The zero-order valence-electron chi connectivity index (χ0n) is 11.8. The van der Waals surface area contributed by atoms with Crippen LogP contribution in [0.25, 0.3) is 0 Å². The number of aliphatic hydroxyl groups excluding tert-OH is 3. The van der Waals surface area contributed by atoms with Crippen LogP contribution >= 0.6 is 0 Å². The smallest absolute Gasteiger partial charge is 0.317 e. The van der Waals surface area contributed by atoms with Gasteiger partial charge in [0.25, 0.3) is 0 Å². The van der Waals surface area contributed by atoms with Gasteiger partial charge in [0.1, 0.15) is 17.1 Å². The van der Waals surface area contributed by atoms with Crippen molar-refractivity contribution in [2.45, 2.75) is 0 Å². The molecule has 0 fully saturated rings. The largest absolute Gasteiger partial charge is 0.395 e. The van der Waals surface area contributed by atoms with E-state index in [4.69, 9.17) is 15.3 Å². The van der Waals surface area contributed by atoms with Crippen LogP contribution in [0.1, 0.15) is 0 Å². The van der Waals surface area contributed by atoms with Crippen molar-refractivity contribution in [1.29, 1.82) is 0 Å². The molecule has 124 valence electrons. The maximum Gasteiger partial charge on any atom is 0.317 e. The van der Waals surface area contributed by atoms with Crippen LogP contribution in [0, 0.1) is 15.9 Å². The van der Waals surface area contributed by atoms with Crippen LogP contribution in [-0.2, 0) is 0 Å². The minimum atomic E-state index is -0.764. The summed E-state index contributed by atoms with van der Waals surface area (Å²) in [6.07, 6.45) is 0. The normalized spacial score (nSPS) is 10.4. The fraction of sp³-hybridized carbons (Fsp3) is 0.500. The summed E-state index contributed by atoms with van der Waals surface area (Å²) in [5.74, 6) is -0.764. The second-order valence-corrected chi connectivity index (χ2v) is 4.21. The molecule has 1 aromatic carbocycles. The first-order chi connectivity index (χ1) is 10.6. The average molecular weight is 318 g/mol. The molecule has 10 heteroatoms. The number of benzene rings is 1. The Bertz CT molecular complexity index is 515. The van der Waals surface area contributed by atoms with Crippen LogP contribution in [0.3, 0.4) is 0 Å². The van der Waals surface area contributed by atoms with E-state index in [1.165, 1.54) is 0 Å². The number of hydrogen-bond donors (Lipinski definition) is 6. The molecule has 0 saturated heterocycles. The number of nitrogens with one attached hydrogen (secondary N) is 3. The minimum absolute atomic E-state index is 0.00525. The molecular weight excluding hydrogens is 299 g/mol. The van der Waals surface area contributed by atoms with Gasteiger partial charge in [0.2, 0.25) is 0 Å². The number of hydrogen-bond acceptors (Lipinski definition) is 8. The van der Waals surface area contributed by atoms with Crippen molar-refractivity contribution >= 4 is 22.7 Å². The van der Waals surface area contributed by atoms with Crippen LogP contribution < -0.4 is 16.0 Å². The Labute approximate surface area is 125 Å². The Morgan fingerprint density at radius 1 is 1.00 bits per heavy atom. The van der Waals surface area contributed by atoms with Gasteiger partial charge in [-0.2, -0.15) is 0 Å². The van der Waals surface area contributed by atoms with Gasteiger partial charge in [-0.15, -0.1) is 0 Å². The number of nitrogens with zero attached hydrogens (tertiary/aromatic N) is 1. The third kappa shape index (κ3) is 4.41. The summed E-state index contributed by atoms with van der Waals surface area (Å²) < 4.78 is 14.2. The molecule has 0 aliphatic carbocycles. The summed E-state index contributed by atoms with van der Waals surface area (Å²) in [7, 11) is 0. The third-order valence-corrected chi connectivity index (χ3v) is 2.69. The molecule has 0 saturated carbocycles. The van der Waals surface area contributed by atoms with Gasteiger partial charge < -0.3 is 31.3 Å². The Kier molecular flexibility index (Phi) is 7.29. The van der Waals surface area contributed by atoms with Gasteiger partial charge >= 0.3 is 5.69 Å². The summed E-state index contributed by atoms with van der Waals surface area (Å²) in [6.45, 7) is -0.849. The molecule has 0 aliphatic heterocycles. The lowest BCUT2D eigenvalue weighted by Gasteiger charge is -2.17. The Morgan fingerprint density at radius 2 is 1.50 bits per heavy atom. The van der Waals surface area contributed by atoms with Crippen molar-refractivity contribution in [2.75, 3.05) is 55.4 Å². The second kappa shape index (κ2) is 8.97. The zero-order valence-corrected chi connectivity index (χ0v) is 11.8. The summed E-state index contributed by atoms with van der Waals surface area (Å²) in [5.41, 5.74) is -0.799. The van der Waals surface area contributed by atoms with Gasteiger partial charge in [0, 0.05) is 25.7 Å². The number of aliphatic hydroxyl groups is 3. The number of anilines is 3. The Morgan fingerprint density at radius 3 is 2.00 bits per heavy atom. The molecule has 0 heterocycles. The van der Waals surface area contributed by atoms with Gasteiger partial charge in [-0.1, -0.05) is 0 Å². The lowest BCUT2D eigenvalue weighted by atomic mass is 10.1. The van der Waals surface area contributed by atoms with Crippen molar-refractivity contribution in [3.8, 4) is 0 Å². The average Bonchev–Trinajstić information content (AvgIpc) is 2.49. The van der Waals surface area contributed by atoms with Gasteiger partial charge in [0.15, 0.2) is 5.82 Å². The fourth-order valence-electron chi connectivity index (χ4n) is 1.86. The lowest BCUT2D eigenvalue weighted by Crippen LogP contribution is -2.16. The minimum Gasteiger partial charge on any atom is -0.395 e. The molecule has 6 N–H and O–H groups in total. The Balaban J connectivity index is 3.37. The highest BCUT2D eigenvalue weighted by Gasteiger charge is 2.26. The monoisotopic (exact) mass is 318 g/mol. The number of rotatable bonds is 10. The summed E-state index contributed by atoms with van der Waals surface area (Å²) in [5, 5.41) is 45.5. The van der Waals surface area contributed by atoms with E-state index in [0.717, 1.165) is 6.07 Å². The van der Waals surface area contributed by atoms with Crippen LogP contribution in [0.4, 0.5) is 27.1 Å². The van der Waals surface area contributed by atoms with Crippen LogP contribution in [0.5, 0.6) is 0 Å². The molecule has 0 amide bonds. The number of nitro benzene ring substituents is 1. The molecule has 0 spiro atoms. The fourth-order valence-corrected chi connectivity index (χ4v) is 1.86. The number of halogens is 1. The molecule has 1 aromatic rings. The van der Waals surface area contributed by atoms with E-state index >= 15 is 0 Å². The van der Waals surface area contributed by atoms with Crippen LogP contribution in [0.15, 0.2) is 6.07 Å². The Hall–Kier alpha value is -2.17. The van der Waals surface area contributed by atoms with Gasteiger partial charge in [-0.05, 0) is 0 Å². The van der Waals surface area contributed by atoms with Gasteiger partial charge in [0.05, 0.1) is 24.7 Å². The predicted octanol–water partition coefficient (Wildman–Crippen LogP) is -0.0535. The summed E-state index contributed by atoms with van der Waals surface area (Å²) in [4.78, 5) is 10.6. The predicted molar refractivity (Wildman–Crippen MR) is 79.8 cm³/mol. The molecule has 0 bridgehead atoms. The molecular formula is C12H19FN4O5. The topological polar surface area (TPSA) is 140 Å². The molecule has 9 nitrogen and oxygen atoms in total. The summed E-state index contributed by atoms with van der Waals surface area (Å²) in [6, 6.07) is 0.942. The summed E-state index contributed by atoms with van der Waals surface area (Å²) >= 11 is 0. The molecule has 22 heavy (non-hydrogen) atoms. The van der Waals surface area contributed by atoms with Gasteiger partial charge in [-0.25, -0.2) is 4.39 Å². The molecule has 0 radical (unpaired) electrons. The van der Waals surface area contributed by atoms with Gasteiger partial charge in [-0.3, -0.25) is 10.1 Å². The molecule has 0 unspecified atom stereocenters. The van der Waals surface area contributed by atoms with Crippen molar-refractivity contribution in [1.82, 2.24) is 0 Å². The van der Waals surface area contributed by atoms with Crippen LogP contribution in [0.2, 0.25) is 0 Å². The maximum atomic E-state index is 14.2. The molecule has 0 aromatic heterocycles. The molecule has 0 aliphatic rings. The molecule has 0 atom stereocenters. The molecule has 1 rings (SSSR count). The van der Waals surface area contributed by atoms with E-state index in [0.29, 0.717) is 0 Å². The zero-order chi connectivity index (χ0) is 16.5. The van der Waals surface area contributed by atoms with Crippen molar-refractivity contribution in [3.63, 3.8) is 0 Å². The van der Waals surface area contributed by atoms with E-state index in [-0.39, 0.29) is 56.5 Å². The van der Waals surface area contributed by atoms with Crippen molar-refractivity contribution in [2.24, 2.45) is 0 Å². The number of nitro groups is 1. The highest BCUT2D eigenvalue weighted by atomic mass is 19.1. The first-order valence-corrected chi connectivity index (χ1v) is 6.61. The first kappa shape index (κ1) is 17.9. The third-order valence-electron chi connectivity index (χ3n) is 2.69. The standard InChI is InChI=1S/C12H19FN4O5/c13-8-7-9(14-1-4-18)12(17(21)22)11(16-3-6-20)10(8)15-2-5-19/h7,14-16,18-20H,1-6H2. The van der Waals surface area contributed by atoms with E-state index in [2.05, 4.69) is 16.0 Å². The maximum absolute atomic E-state index is 14.2. The quantitative estimate of drug-likeness (QED) is 0.260. The van der Waals surface area contributed by atoms with E-state index in [9.17, 15) is 14.5 Å². The van der Waals surface area contributed by atoms with E-state index in [1.54, 1.807) is 0 Å². The lowest BCUT2D eigenvalue weighted by molar-refractivity contribution is -0.383. The van der Waals surface area contributed by atoms with E-state index < -0.39 is 16.4 Å². The van der Waals surface area contributed by atoms with Crippen molar-refractivity contribution in [3.05, 3.63) is 22.0 Å². The highest BCUT2D eigenvalue weighted by Crippen LogP contribution is 2.41. The first-order valence-electron chi connectivity index (χ1n) is 6.61. The van der Waals surface area contributed by atoms with Crippen molar-refractivity contribution < 1.29 is 24.6 Å². The van der Waals surface area contributed by atoms with E-state index in [1.807, 2.05) is 0 Å². The van der Waals surface area contributed by atoms with Crippen LogP contribution in [-0.4, -0.2) is 59.7 Å². The highest BCUT2D eigenvalue weighted by molar-refractivity contribution is 5.87.